The minimum absolute atomic E-state index is 0.154. The summed E-state index contributed by atoms with van der Waals surface area (Å²) in [6.07, 6.45) is 0. The smallest absolute Gasteiger partial charge is 0.134 e. The molecule has 2 aromatic carbocycles. The van der Waals surface area contributed by atoms with Gasteiger partial charge in [0.05, 0.1) is 4.47 Å². The molecule has 3 N–H and O–H groups in total. The average molecular weight is 335 g/mol. The van der Waals surface area contributed by atoms with Crippen LogP contribution >= 0.6 is 15.9 Å². The van der Waals surface area contributed by atoms with Crippen molar-refractivity contribution in [3.63, 3.8) is 0 Å². The lowest BCUT2D eigenvalue weighted by atomic mass is 10.00. The van der Waals surface area contributed by atoms with Gasteiger partial charge in [0.1, 0.15) is 18.6 Å². The molecule has 0 radical (unpaired) electrons. The SMILES string of the molecule is CON=C(c1ccccc1)c1cc(Br)c(O)c(CN)c1. The lowest BCUT2D eigenvalue weighted by Crippen LogP contribution is -2.06. The molecule has 0 atom stereocenters. The third kappa shape index (κ3) is 3.00. The average Bonchev–Trinajstić information content (AvgIpc) is 2.48. The Kier molecular flexibility index (Phi) is 4.76. The third-order valence-electron chi connectivity index (χ3n) is 2.87. The minimum Gasteiger partial charge on any atom is -0.506 e. The highest BCUT2D eigenvalue weighted by molar-refractivity contribution is 9.10. The fourth-order valence-corrected chi connectivity index (χ4v) is 2.41. The van der Waals surface area contributed by atoms with Crippen LogP contribution in [0.3, 0.4) is 0 Å². The Morgan fingerprint density at radius 1 is 1.25 bits per heavy atom. The van der Waals surface area contributed by atoms with E-state index in [0.717, 1.165) is 11.1 Å². The molecular formula is C15H15BrN2O2. The van der Waals surface area contributed by atoms with E-state index in [2.05, 4.69) is 21.1 Å². The molecule has 0 fully saturated rings. The zero-order valence-electron chi connectivity index (χ0n) is 11.0. The monoisotopic (exact) mass is 334 g/mol. The van der Waals surface area contributed by atoms with Gasteiger partial charge in [-0.3, -0.25) is 0 Å². The fourth-order valence-electron chi connectivity index (χ4n) is 1.91. The van der Waals surface area contributed by atoms with Crippen molar-refractivity contribution in [3.05, 3.63) is 63.6 Å². The Morgan fingerprint density at radius 2 is 1.95 bits per heavy atom. The summed E-state index contributed by atoms with van der Waals surface area (Å²) in [7, 11) is 1.50. The van der Waals surface area contributed by atoms with Gasteiger partial charge in [-0.25, -0.2) is 0 Å². The lowest BCUT2D eigenvalue weighted by Gasteiger charge is -2.11. The summed E-state index contributed by atoms with van der Waals surface area (Å²) >= 11 is 3.33. The van der Waals surface area contributed by atoms with Crippen LogP contribution < -0.4 is 5.73 Å². The predicted octanol–water partition coefficient (Wildman–Crippen LogP) is 3.01. The van der Waals surface area contributed by atoms with Crippen LogP contribution in [-0.2, 0) is 11.4 Å². The van der Waals surface area contributed by atoms with E-state index in [9.17, 15) is 5.11 Å². The van der Waals surface area contributed by atoms with E-state index in [1.807, 2.05) is 36.4 Å². The highest BCUT2D eigenvalue weighted by Crippen LogP contribution is 2.30. The van der Waals surface area contributed by atoms with Crippen molar-refractivity contribution >= 4 is 21.6 Å². The van der Waals surface area contributed by atoms with E-state index < -0.39 is 0 Å². The van der Waals surface area contributed by atoms with Gasteiger partial charge in [-0.1, -0.05) is 35.5 Å². The molecule has 0 aromatic heterocycles. The number of nitrogens with two attached hydrogens (primary N) is 1. The van der Waals surface area contributed by atoms with Crippen LogP contribution in [0.4, 0.5) is 0 Å². The molecule has 0 spiro atoms. The summed E-state index contributed by atoms with van der Waals surface area (Å²) < 4.78 is 0.579. The highest BCUT2D eigenvalue weighted by atomic mass is 79.9. The predicted molar refractivity (Wildman–Crippen MR) is 82.8 cm³/mol. The molecule has 4 nitrogen and oxygen atoms in total. The van der Waals surface area contributed by atoms with Gasteiger partial charge in [-0.15, -0.1) is 0 Å². The van der Waals surface area contributed by atoms with E-state index in [1.54, 1.807) is 6.07 Å². The molecule has 0 aliphatic heterocycles. The highest BCUT2D eigenvalue weighted by Gasteiger charge is 2.13. The molecule has 0 saturated heterocycles. The van der Waals surface area contributed by atoms with Gasteiger partial charge in [0.25, 0.3) is 0 Å². The third-order valence-corrected chi connectivity index (χ3v) is 3.47. The number of hydrogen-bond donors (Lipinski definition) is 2. The molecular weight excluding hydrogens is 320 g/mol. The normalized spacial score (nSPS) is 11.4. The molecule has 0 aliphatic carbocycles. The quantitative estimate of drug-likeness (QED) is 0.667. The number of phenolic OH excluding ortho intramolecular Hbond substituents is 1. The largest absolute Gasteiger partial charge is 0.506 e. The van der Waals surface area contributed by atoms with Crippen molar-refractivity contribution in [1.82, 2.24) is 0 Å². The molecule has 0 saturated carbocycles. The van der Waals surface area contributed by atoms with Crippen molar-refractivity contribution in [1.29, 1.82) is 0 Å². The van der Waals surface area contributed by atoms with Crippen LogP contribution in [0.1, 0.15) is 16.7 Å². The number of benzene rings is 2. The molecule has 0 aliphatic rings. The van der Waals surface area contributed by atoms with Crippen molar-refractivity contribution in [2.75, 3.05) is 7.11 Å². The fraction of sp³-hybridized carbons (Fsp3) is 0.133. The Balaban J connectivity index is 2.57. The summed E-state index contributed by atoms with van der Waals surface area (Å²) in [5.41, 5.74) is 8.73. The summed E-state index contributed by atoms with van der Waals surface area (Å²) in [6, 6.07) is 13.3. The van der Waals surface area contributed by atoms with Crippen LogP contribution in [0.15, 0.2) is 52.1 Å². The van der Waals surface area contributed by atoms with Crippen LogP contribution in [0, 0.1) is 0 Å². The van der Waals surface area contributed by atoms with Crippen molar-refractivity contribution < 1.29 is 9.94 Å². The zero-order chi connectivity index (χ0) is 14.5. The maximum absolute atomic E-state index is 9.91. The first-order chi connectivity index (χ1) is 9.67. The number of phenols is 1. The number of aromatic hydroxyl groups is 1. The first kappa shape index (κ1) is 14.6. The summed E-state index contributed by atoms with van der Waals surface area (Å²) in [5.74, 6) is 0.154. The van der Waals surface area contributed by atoms with Gasteiger partial charge in [-0.2, -0.15) is 0 Å². The Bertz CT molecular complexity index is 627. The maximum Gasteiger partial charge on any atom is 0.134 e. The number of hydrogen-bond acceptors (Lipinski definition) is 4. The standard InChI is InChI=1S/C15H15BrN2O2/c1-20-18-14(10-5-3-2-4-6-10)11-7-12(9-17)15(19)13(16)8-11/h2-8,19H,9,17H2,1H3. The van der Waals surface area contributed by atoms with Gasteiger partial charge >= 0.3 is 0 Å². The Morgan fingerprint density at radius 3 is 2.55 bits per heavy atom. The van der Waals surface area contributed by atoms with Gasteiger partial charge < -0.3 is 15.7 Å². The van der Waals surface area contributed by atoms with E-state index in [0.29, 0.717) is 15.7 Å². The van der Waals surface area contributed by atoms with Crippen molar-refractivity contribution in [2.24, 2.45) is 10.9 Å². The number of nitrogens with zero attached hydrogens (tertiary/aromatic N) is 1. The molecule has 2 rings (SSSR count). The van der Waals surface area contributed by atoms with Crippen LogP contribution in [0.2, 0.25) is 0 Å². The maximum atomic E-state index is 9.91. The second kappa shape index (κ2) is 6.54. The summed E-state index contributed by atoms with van der Waals surface area (Å²) in [4.78, 5) is 4.94. The van der Waals surface area contributed by atoms with E-state index in [1.165, 1.54) is 7.11 Å². The Hall–Kier alpha value is -1.85. The topological polar surface area (TPSA) is 67.8 Å². The van der Waals surface area contributed by atoms with E-state index in [-0.39, 0.29) is 12.3 Å². The molecule has 104 valence electrons. The van der Waals surface area contributed by atoms with E-state index in [4.69, 9.17) is 10.6 Å². The zero-order valence-corrected chi connectivity index (χ0v) is 12.6. The molecule has 0 bridgehead atoms. The van der Waals surface area contributed by atoms with Crippen molar-refractivity contribution in [3.8, 4) is 5.75 Å². The molecule has 0 unspecified atom stereocenters. The molecule has 0 amide bonds. The van der Waals surface area contributed by atoms with Gasteiger partial charge in [0, 0.05) is 23.2 Å². The Labute approximate surface area is 126 Å². The molecule has 5 heteroatoms. The summed E-state index contributed by atoms with van der Waals surface area (Å²) in [6.45, 7) is 0.243. The second-order valence-corrected chi connectivity index (χ2v) is 5.01. The van der Waals surface area contributed by atoms with Crippen molar-refractivity contribution in [2.45, 2.75) is 6.54 Å². The van der Waals surface area contributed by atoms with Gasteiger partial charge in [0.2, 0.25) is 0 Å². The number of halogens is 1. The number of rotatable bonds is 4. The molecule has 2 aromatic rings. The summed E-state index contributed by atoms with van der Waals surface area (Å²) in [5, 5.41) is 14.0. The van der Waals surface area contributed by atoms with E-state index >= 15 is 0 Å². The van der Waals surface area contributed by atoms with Gasteiger partial charge in [-0.05, 0) is 28.1 Å². The molecule has 20 heavy (non-hydrogen) atoms. The van der Waals surface area contributed by atoms with Crippen LogP contribution in [0.5, 0.6) is 5.75 Å². The van der Waals surface area contributed by atoms with Gasteiger partial charge in [0.15, 0.2) is 0 Å². The minimum atomic E-state index is 0.154. The lowest BCUT2D eigenvalue weighted by molar-refractivity contribution is 0.214. The second-order valence-electron chi connectivity index (χ2n) is 4.16. The molecule has 0 heterocycles. The number of oxime groups is 1. The first-order valence-corrected chi connectivity index (χ1v) is 6.85. The van der Waals surface area contributed by atoms with Crippen LogP contribution in [-0.4, -0.2) is 17.9 Å². The van der Waals surface area contributed by atoms with Crippen LogP contribution in [0.25, 0.3) is 0 Å². The first-order valence-electron chi connectivity index (χ1n) is 6.05.